The Morgan fingerprint density at radius 1 is 1.61 bits per heavy atom. The number of amides is 1. The van der Waals surface area contributed by atoms with Crippen LogP contribution in [0.2, 0.25) is 0 Å². The number of carbonyl (C=O) groups excluding carboxylic acids is 2. The van der Waals surface area contributed by atoms with Crippen molar-refractivity contribution >= 4 is 46.7 Å². The van der Waals surface area contributed by atoms with Gasteiger partial charge in [-0.15, -0.1) is 0 Å². The summed E-state index contributed by atoms with van der Waals surface area (Å²) in [5, 5.41) is 12.6. The molecule has 0 aromatic heterocycles. The maximum Gasteiger partial charge on any atom is 0.309 e. The van der Waals surface area contributed by atoms with Crippen LogP contribution in [0, 0.1) is 0 Å². The number of esters is 1. The summed E-state index contributed by atoms with van der Waals surface area (Å²) in [6.45, 7) is 2.31. The van der Waals surface area contributed by atoms with Crippen LogP contribution in [0.25, 0.3) is 0 Å². The van der Waals surface area contributed by atoms with E-state index in [9.17, 15) is 14.7 Å². The Morgan fingerprint density at radius 2 is 2.26 bits per heavy atom. The first kappa shape index (κ1) is 19.0. The van der Waals surface area contributed by atoms with Crippen molar-refractivity contribution in [2.45, 2.75) is 53.9 Å². The number of hydrogen-bond acceptors (Lipinski definition) is 6. The molecule has 2 aliphatic rings. The molecule has 1 amide bonds. The highest BCUT2D eigenvalue weighted by atomic mass is 35.6. The van der Waals surface area contributed by atoms with E-state index in [1.807, 2.05) is 4.90 Å². The number of cyclic esters (lactones) is 1. The number of primary amides is 1. The van der Waals surface area contributed by atoms with Gasteiger partial charge < -0.3 is 20.9 Å². The van der Waals surface area contributed by atoms with E-state index in [4.69, 9.17) is 45.3 Å². The average molecular weight is 389 g/mol. The third-order valence-electron chi connectivity index (χ3n) is 4.37. The zero-order valence-corrected chi connectivity index (χ0v) is 14.9. The second kappa shape index (κ2) is 6.90. The molecule has 0 aromatic carbocycles. The fraction of sp³-hybridized carbons (Fsp3) is 0.846. The molecule has 0 saturated carbocycles. The van der Waals surface area contributed by atoms with Crippen molar-refractivity contribution in [3.05, 3.63) is 0 Å². The first-order valence-corrected chi connectivity index (χ1v) is 8.44. The number of carbonyl (C=O) groups is 2. The molecule has 0 radical (unpaired) electrons. The summed E-state index contributed by atoms with van der Waals surface area (Å²) < 4.78 is 3.44. The van der Waals surface area contributed by atoms with Crippen LogP contribution in [0.4, 0.5) is 0 Å². The van der Waals surface area contributed by atoms with E-state index in [0.717, 1.165) is 6.42 Å². The van der Waals surface area contributed by atoms with Gasteiger partial charge in [-0.1, -0.05) is 34.8 Å². The molecule has 0 bridgehead atoms. The minimum absolute atomic E-state index is 0.114. The molecule has 0 unspecified atom stereocenters. The molecular formula is C13H20Cl3N3O4. The quantitative estimate of drug-likeness (QED) is 0.462. The third kappa shape index (κ3) is 4.03. The van der Waals surface area contributed by atoms with Crippen molar-refractivity contribution in [2.24, 2.45) is 5.73 Å². The lowest BCUT2D eigenvalue weighted by Crippen LogP contribution is -2.65. The lowest BCUT2D eigenvalue weighted by atomic mass is 9.89. The Morgan fingerprint density at radius 3 is 2.78 bits per heavy atom. The van der Waals surface area contributed by atoms with Gasteiger partial charge in [-0.25, -0.2) is 0 Å². The number of halogens is 3. The fourth-order valence-electron chi connectivity index (χ4n) is 3.32. The van der Waals surface area contributed by atoms with Crippen molar-refractivity contribution < 1.29 is 19.4 Å². The zero-order chi connectivity index (χ0) is 17.4. The van der Waals surface area contributed by atoms with E-state index in [1.165, 1.54) is 6.92 Å². The number of ether oxygens (including phenoxy) is 1. The Kier molecular flexibility index (Phi) is 5.70. The largest absolute Gasteiger partial charge is 0.442 e. The number of aliphatic hydroxyl groups is 1. The molecule has 4 atom stereocenters. The summed E-state index contributed by atoms with van der Waals surface area (Å²) in [5.41, 5.74) is 4.65. The van der Waals surface area contributed by atoms with Crippen LogP contribution in [0.5, 0.6) is 0 Å². The van der Waals surface area contributed by atoms with E-state index in [1.54, 1.807) is 0 Å². The van der Waals surface area contributed by atoms with E-state index in [0.29, 0.717) is 13.0 Å². The van der Waals surface area contributed by atoms with Crippen LogP contribution in [0.1, 0.15) is 26.2 Å². The monoisotopic (exact) mass is 387 g/mol. The van der Waals surface area contributed by atoms with Crippen LogP contribution < -0.4 is 11.1 Å². The first-order chi connectivity index (χ1) is 10.6. The SMILES string of the molecule is C[C@@H](O)[C@H](NC[C@]12CCCN1[C@H](C(Cl)(Cl)Cl)OC(=O)C2)C(N)=O. The Balaban J connectivity index is 2.20. The number of alkyl halides is 3. The van der Waals surface area contributed by atoms with Gasteiger partial charge in [0.05, 0.1) is 12.5 Å². The van der Waals surface area contributed by atoms with Gasteiger partial charge in [0.1, 0.15) is 6.04 Å². The molecule has 7 nitrogen and oxygen atoms in total. The number of fused-ring (bicyclic) bond motifs is 1. The minimum Gasteiger partial charge on any atom is -0.442 e. The van der Waals surface area contributed by atoms with Crippen LogP contribution in [-0.2, 0) is 14.3 Å². The smallest absolute Gasteiger partial charge is 0.309 e. The Hall–Kier alpha value is -0.310. The number of aliphatic hydroxyl groups excluding tert-OH is 1. The molecule has 2 saturated heterocycles. The summed E-state index contributed by atoms with van der Waals surface area (Å²) >= 11 is 17.8. The van der Waals surface area contributed by atoms with Crippen LogP contribution in [-0.4, -0.2) is 62.7 Å². The summed E-state index contributed by atoms with van der Waals surface area (Å²) in [6.07, 6.45) is -0.360. The third-order valence-corrected chi connectivity index (χ3v) is 4.93. The van der Waals surface area contributed by atoms with E-state index >= 15 is 0 Å². The molecule has 23 heavy (non-hydrogen) atoms. The van der Waals surface area contributed by atoms with Crippen molar-refractivity contribution in [2.75, 3.05) is 13.1 Å². The van der Waals surface area contributed by atoms with Gasteiger partial charge in [-0.2, -0.15) is 0 Å². The summed E-state index contributed by atoms with van der Waals surface area (Å²) in [4.78, 5) is 25.3. The summed E-state index contributed by atoms with van der Waals surface area (Å²) in [6, 6.07) is -0.920. The molecule has 4 N–H and O–H groups in total. The van der Waals surface area contributed by atoms with Gasteiger partial charge >= 0.3 is 5.97 Å². The summed E-state index contributed by atoms with van der Waals surface area (Å²) in [5.74, 6) is -1.13. The molecule has 0 spiro atoms. The highest BCUT2D eigenvalue weighted by Crippen LogP contribution is 2.45. The fourth-order valence-corrected chi connectivity index (χ4v) is 3.81. The molecule has 2 heterocycles. The maximum atomic E-state index is 12.0. The second-order valence-corrected chi connectivity index (χ2v) is 8.45. The van der Waals surface area contributed by atoms with Crippen LogP contribution in [0.15, 0.2) is 0 Å². The first-order valence-electron chi connectivity index (χ1n) is 7.30. The maximum absolute atomic E-state index is 12.0. The number of rotatable bonds is 5. The molecule has 2 fully saturated rings. The lowest BCUT2D eigenvalue weighted by Gasteiger charge is -2.48. The lowest BCUT2D eigenvalue weighted by molar-refractivity contribution is -0.182. The van der Waals surface area contributed by atoms with Crippen molar-refractivity contribution in [3.63, 3.8) is 0 Å². The van der Waals surface area contributed by atoms with Crippen molar-refractivity contribution in [1.29, 1.82) is 0 Å². The topological polar surface area (TPSA) is 105 Å². The normalized spacial score (nSPS) is 31.3. The number of nitrogens with zero attached hydrogens (tertiary/aromatic N) is 1. The van der Waals surface area contributed by atoms with E-state index < -0.39 is 39.6 Å². The van der Waals surface area contributed by atoms with Gasteiger partial charge in [-0.3, -0.25) is 14.5 Å². The molecular weight excluding hydrogens is 369 g/mol. The van der Waals surface area contributed by atoms with Gasteiger partial charge in [0.25, 0.3) is 0 Å². The number of nitrogens with one attached hydrogen (secondary N) is 1. The zero-order valence-electron chi connectivity index (χ0n) is 12.6. The van der Waals surface area contributed by atoms with Crippen LogP contribution >= 0.6 is 34.8 Å². The van der Waals surface area contributed by atoms with Crippen molar-refractivity contribution in [3.8, 4) is 0 Å². The Bertz CT molecular complexity index is 486. The Labute approximate surface area is 149 Å². The molecule has 2 aliphatic heterocycles. The van der Waals surface area contributed by atoms with Crippen molar-refractivity contribution in [1.82, 2.24) is 10.2 Å². The van der Waals surface area contributed by atoms with Crippen LogP contribution in [0.3, 0.4) is 0 Å². The summed E-state index contributed by atoms with van der Waals surface area (Å²) in [7, 11) is 0. The predicted molar refractivity (Wildman–Crippen MR) is 86.1 cm³/mol. The second-order valence-electron chi connectivity index (χ2n) is 6.08. The van der Waals surface area contributed by atoms with E-state index in [-0.39, 0.29) is 13.0 Å². The van der Waals surface area contributed by atoms with Gasteiger partial charge in [-0.05, 0) is 19.8 Å². The average Bonchev–Trinajstić information content (AvgIpc) is 2.79. The highest BCUT2D eigenvalue weighted by molar-refractivity contribution is 6.68. The number of nitrogens with two attached hydrogens (primary N) is 1. The van der Waals surface area contributed by atoms with E-state index in [2.05, 4.69) is 5.32 Å². The molecule has 10 heteroatoms. The van der Waals surface area contributed by atoms with Gasteiger partial charge in [0.2, 0.25) is 15.9 Å². The molecule has 132 valence electrons. The minimum atomic E-state index is -1.78. The highest BCUT2D eigenvalue weighted by Gasteiger charge is 2.56. The standard InChI is InChI=1S/C13H20Cl3N3O4/c1-7(20)9(10(17)22)18-6-12-3-2-4-19(12)11(13(14,15)16)23-8(21)5-12/h7,9,11,18,20H,2-6H2,1H3,(H2,17,22)/t7-,9+,11+,12-/m1/s1. The predicted octanol–water partition coefficient (Wildman–Crippen LogP) is 0.288. The van der Waals surface area contributed by atoms with Gasteiger partial charge in [0.15, 0.2) is 0 Å². The molecule has 2 rings (SSSR count). The molecule has 0 aromatic rings. The molecule has 0 aliphatic carbocycles. The van der Waals surface area contributed by atoms with Gasteiger partial charge in [0, 0.05) is 18.6 Å². The number of hydrogen-bond donors (Lipinski definition) is 3.